The largest absolute Gasteiger partial charge is 0.336 e. The SMILES string of the molecule is CCCCC1CNC(=O)NC(=O)N1CCc1ccc(F)cc1. The molecule has 1 fully saturated rings. The van der Waals surface area contributed by atoms with Gasteiger partial charge < -0.3 is 10.2 Å². The van der Waals surface area contributed by atoms with Gasteiger partial charge >= 0.3 is 12.1 Å². The Balaban J connectivity index is 2.02. The summed E-state index contributed by atoms with van der Waals surface area (Å²) in [4.78, 5) is 25.3. The Morgan fingerprint density at radius 2 is 2.00 bits per heavy atom. The number of hydrogen-bond acceptors (Lipinski definition) is 2. The highest BCUT2D eigenvalue weighted by molar-refractivity contribution is 5.94. The molecule has 4 amide bonds. The van der Waals surface area contributed by atoms with E-state index in [9.17, 15) is 14.0 Å². The Morgan fingerprint density at radius 3 is 2.68 bits per heavy atom. The lowest BCUT2D eigenvalue weighted by Gasteiger charge is -2.29. The van der Waals surface area contributed by atoms with E-state index in [2.05, 4.69) is 17.6 Å². The smallest absolute Gasteiger partial charge is 0.325 e. The average molecular weight is 307 g/mol. The van der Waals surface area contributed by atoms with E-state index in [-0.39, 0.29) is 17.9 Å². The molecular formula is C16H22FN3O2. The Kier molecular flexibility index (Phi) is 5.75. The van der Waals surface area contributed by atoms with Gasteiger partial charge in [-0.1, -0.05) is 31.9 Å². The minimum atomic E-state index is -0.448. The van der Waals surface area contributed by atoms with Gasteiger partial charge in [-0.3, -0.25) is 5.32 Å². The molecule has 6 heteroatoms. The molecule has 1 saturated heterocycles. The highest BCUT2D eigenvalue weighted by Gasteiger charge is 2.28. The lowest BCUT2D eigenvalue weighted by molar-refractivity contribution is 0.178. The molecule has 1 aromatic rings. The molecule has 120 valence electrons. The van der Waals surface area contributed by atoms with E-state index < -0.39 is 6.03 Å². The summed E-state index contributed by atoms with van der Waals surface area (Å²) < 4.78 is 12.9. The van der Waals surface area contributed by atoms with Gasteiger partial charge in [0.1, 0.15) is 5.82 Å². The van der Waals surface area contributed by atoms with Crippen molar-refractivity contribution in [1.82, 2.24) is 15.5 Å². The summed E-state index contributed by atoms with van der Waals surface area (Å²) >= 11 is 0. The predicted octanol–water partition coefficient (Wildman–Crippen LogP) is 2.66. The van der Waals surface area contributed by atoms with E-state index in [1.807, 2.05) is 0 Å². The third-order valence-corrected chi connectivity index (χ3v) is 3.87. The maximum atomic E-state index is 12.9. The second-order valence-electron chi connectivity index (χ2n) is 5.51. The van der Waals surface area contributed by atoms with Crippen LogP contribution in [0.4, 0.5) is 14.0 Å². The fourth-order valence-corrected chi connectivity index (χ4v) is 2.58. The molecule has 0 aromatic heterocycles. The number of halogens is 1. The van der Waals surface area contributed by atoms with E-state index >= 15 is 0 Å². The number of rotatable bonds is 6. The highest BCUT2D eigenvalue weighted by atomic mass is 19.1. The molecule has 1 aliphatic heterocycles. The van der Waals surface area contributed by atoms with E-state index in [0.717, 1.165) is 24.8 Å². The molecule has 0 saturated carbocycles. The molecule has 2 rings (SSSR count). The zero-order valence-corrected chi connectivity index (χ0v) is 12.8. The monoisotopic (exact) mass is 307 g/mol. The quantitative estimate of drug-likeness (QED) is 0.849. The van der Waals surface area contributed by atoms with Crippen molar-refractivity contribution in [1.29, 1.82) is 0 Å². The first kappa shape index (κ1) is 16.3. The molecule has 0 spiro atoms. The molecule has 0 aliphatic carbocycles. The van der Waals surface area contributed by atoms with Crippen molar-refractivity contribution in [3.8, 4) is 0 Å². The van der Waals surface area contributed by atoms with Gasteiger partial charge in [-0.25, -0.2) is 14.0 Å². The van der Waals surface area contributed by atoms with E-state index in [1.165, 1.54) is 12.1 Å². The lowest BCUT2D eigenvalue weighted by atomic mass is 10.1. The van der Waals surface area contributed by atoms with Crippen LogP contribution in [-0.4, -0.2) is 36.1 Å². The first-order chi connectivity index (χ1) is 10.6. The summed E-state index contributed by atoms with van der Waals surface area (Å²) in [5.74, 6) is -0.271. The van der Waals surface area contributed by atoms with Crippen molar-refractivity contribution in [2.75, 3.05) is 13.1 Å². The molecule has 0 bridgehead atoms. The second kappa shape index (κ2) is 7.77. The third-order valence-electron chi connectivity index (χ3n) is 3.87. The van der Waals surface area contributed by atoms with Crippen LogP contribution in [0.15, 0.2) is 24.3 Å². The topological polar surface area (TPSA) is 61.4 Å². The Labute approximate surface area is 129 Å². The molecule has 1 atom stereocenters. The summed E-state index contributed by atoms with van der Waals surface area (Å²) in [7, 11) is 0. The molecule has 1 aliphatic rings. The summed E-state index contributed by atoms with van der Waals surface area (Å²) in [5.41, 5.74) is 0.965. The van der Waals surface area contributed by atoms with Crippen molar-refractivity contribution < 1.29 is 14.0 Å². The van der Waals surface area contributed by atoms with E-state index in [1.54, 1.807) is 17.0 Å². The van der Waals surface area contributed by atoms with Crippen LogP contribution >= 0.6 is 0 Å². The number of benzene rings is 1. The summed E-state index contributed by atoms with van der Waals surface area (Å²) in [6, 6.07) is 5.45. The normalized spacial score (nSPS) is 18.6. The number of urea groups is 2. The van der Waals surface area contributed by atoms with Crippen LogP contribution in [0.25, 0.3) is 0 Å². The standard InChI is InChI=1S/C16H22FN3O2/c1-2-3-4-14-11-18-15(21)19-16(22)20(14)10-9-12-5-7-13(17)8-6-12/h5-8,14H,2-4,9-11H2,1H3,(H2,18,19,21,22). The number of unbranched alkanes of at least 4 members (excludes halogenated alkanes) is 1. The maximum Gasteiger partial charge on any atom is 0.325 e. The molecule has 1 aromatic carbocycles. The second-order valence-corrected chi connectivity index (χ2v) is 5.51. The van der Waals surface area contributed by atoms with Gasteiger partial charge in [0.05, 0.1) is 6.04 Å². The number of imide groups is 1. The zero-order valence-electron chi connectivity index (χ0n) is 12.8. The number of amides is 4. The van der Waals surface area contributed by atoms with Crippen LogP contribution in [0.1, 0.15) is 31.7 Å². The fourth-order valence-electron chi connectivity index (χ4n) is 2.58. The van der Waals surface area contributed by atoms with Gasteiger partial charge in [-0.05, 0) is 30.5 Å². The van der Waals surface area contributed by atoms with Crippen molar-refractivity contribution in [2.24, 2.45) is 0 Å². The van der Waals surface area contributed by atoms with Gasteiger partial charge in [0, 0.05) is 13.1 Å². The number of hydrogen-bond donors (Lipinski definition) is 2. The van der Waals surface area contributed by atoms with Crippen LogP contribution in [0, 0.1) is 5.82 Å². The van der Waals surface area contributed by atoms with E-state index in [0.29, 0.717) is 19.5 Å². The third kappa shape index (κ3) is 4.44. The van der Waals surface area contributed by atoms with Gasteiger partial charge in [0.25, 0.3) is 0 Å². The van der Waals surface area contributed by atoms with Gasteiger partial charge in [-0.2, -0.15) is 0 Å². The highest BCUT2D eigenvalue weighted by Crippen LogP contribution is 2.13. The van der Waals surface area contributed by atoms with Crippen LogP contribution in [0.3, 0.4) is 0 Å². The van der Waals surface area contributed by atoms with Crippen LogP contribution in [-0.2, 0) is 6.42 Å². The molecule has 2 N–H and O–H groups in total. The molecule has 5 nitrogen and oxygen atoms in total. The van der Waals surface area contributed by atoms with Gasteiger partial charge in [0.15, 0.2) is 0 Å². The van der Waals surface area contributed by atoms with Crippen LogP contribution < -0.4 is 10.6 Å². The molecule has 1 unspecified atom stereocenters. The van der Waals surface area contributed by atoms with Gasteiger partial charge in [-0.15, -0.1) is 0 Å². The summed E-state index contributed by atoms with van der Waals surface area (Å²) in [6.45, 7) is 3.06. The Bertz CT molecular complexity index is 519. The number of carbonyl (C=O) groups excluding carboxylic acids is 2. The van der Waals surface area contributed by atoms with Crippen LogP contribution in [0.2, 0.25) is 0 Å². The van der Waals surface area contributed by atoms with Crippen molar-refractivity contribution in [2.45, 2.75) is 38.6 Å². The first-order valence-electron chi connectivity index (χ1n) is 7.70. The first-order valence-corrected chi connectivity index (χ1v) is 7.70. The Hall–Kier alpha value is -2.11. The molecule has 1 heterocycles. The molecule has 22 heavy (non-hydrogen) atoms. The zero-order chi connectivity index (χ0) is 15.9. The molecular weight excluding hydrogens is 285 g/mol. The maximum absolute atomic E-state index is 12.9. The average Bonchev–Trinajstić information content (AvgIpc) is 2.63. The summed E-state index contributed by atoms with van der Waals surface area (Å²) in [6.07, 6.45) is 3.52. The minimum absolute atomic E-state index is 0.00755. The lowest BCUT2D eigenvalue weighted by Crippen LogP contribution is -2.46. The number of carbonyl (C=O) groups is 2. The van der Waals surface area contributed by atoms with Gasteiger partial charge in [0.2, 0.25) is 0 Å². The number of nitrogens with zero attached hydrogens (tertiary/aromatic N) is 1. The van der Waals surface area contributed by atoms with Crippen LogP contribution in [0.5, 0.6) is 0 Å². The Morgan fingerprint density at radius 1 is 1.27 bits per heavy atom. The predicted molar refractivity (Wildman–Crippen MR) is 82.1 cm³/mol. The fraction of sp³-hybridized carbons (Fsp3) is 0.500. The summed E-state index contributed by atoms with van der Waals surface area (Å²) in [5, 5.41) is 5.03. The van der Waals surface area contributed by atoms with Crippen molar-refractivity contribution in [3.63, 3.8) is 0 Å². The van der Waals surface area contributed by atoms with E-state index in [4.69, 9.17) is 0 Å². The minimum Gasteiger partial charge on any atom is -0.336 e. The number of nitrogens with one attached hydrogen (secondary N) is 2. The van der Waals surface area contributed by atoms with Crippen molar-refractivity contribution >= 4 is 12.1 Å². The van der Waals surface area contributed by atoms with Crippen molar-refractivity contribution in [3.05, 3.63) is 35.6 Å². The molecule has 0 radical (unpaired) electrons.